The second kappa shape index (κ2) is 10.0. The van der Waals surface area contributed by atoms with Crippen LogP contribution < -0.4 is 4.90 Å². The average Bonchev–Trinajstić information content (AvgIpc) is 3.62. The number of non-ortho nitro benzene ring substituents is 1. The van der Waals surface area contributed by atoms with Crippen LogP contribution in [0.5, 0.6) is 0 Å². The minimum atomic E-state index is -1.53. The first-order valence-corrected chi connectivity index (χ1v) is 15.1. The van der Waals surface area contributed by atoms with Crippen molar-refractivity contribution in [2.45, 2.75) is 10.8 Å². The lowest BCUT2D eigenvalue weighted by Gasteiger charge is -2.39. The van der Waals surface area contributed by atoms with Crippen molar-refractivity contribution < 1.29 is 19.3 Å². The van der Waals surface area contributed by atoms with Crippen LogP contribution in [-0.2, 0) is 25.2 Å². The number of fused-ring (bicyclic) bond motifs is 5. The molecule has 2 fully saturated rings. The van der Waals surface area contributed by atoms with Gasteiger partial charge in [0.15, 0.2) is 5.78 Å². The van der Waals surface area contributed by atoms with E-state index in [0.717, 1.165) is 16.0 Å². The molecule has 1 saturated heterocycles. The number of imide groups is 1. The predicted octanol–water partition coefficient (Wildman–Crippen LogP) is 6.78. The first-order valence-electron chi connectivity index (χ1n) is 15.1. The summed E-state index contributed by atoms with van der Waals surface area (Å²) in [7, 11) is 0. The highest BCUT2D eigenvalue weighted by Crippen LogP contribution is 2.74. The van der Waals surface area contributed by atoms with Gasteiger partial charge in [-0.1, -0.05) is 127 Å². The van der Waals surface area contributed by atoms with Crippen LogP contribution in [0.4, 0.5) is 11.4 Å². The number of hydrogen-bond acceptors (Lipinski definition) is 5. The van der Waals surface area contributed by atoms with Gasteiger partial charge in [-0.3, -0.25) is 24.5 Å². The molecule has 1 saturated carbocycles. The number of hydrogen-bond donors (Lipinski definition) is 0. The van der Waals surface area contributed by atoms with Crippen molar-refractivity contribution in [2.24, 2.45) is 11.8 Å². The van der Waals surface area contributed by atoms with E-state index in [9.17, 15) is 19.7 Å². The second-order valence-electron chi connectivity index (χ2n) is 11.9. The number of ketones is 1. The van der Waals surface area contributed by atoms with E-state index < -0.39 is 39.4 Å². The molecule has 46 heavy (non-hydrogen) atoms. The monoisotopic (exact) mass is 602 g/mol. The van der Waals surface area contributed by atoms with Crippen LogP contribution in [0.25, 0.3) is 11.1 Å². The van der Waals surface area contributed by atoms with Gasteiger partial charge in [-0.2, -0.15) is 0 Å². The van der Waals surface area contributed by atoms with Crippen molar-refractivity contribution in [1.82, 2.24) is 0 Å². The molecule has 3 aliphatic rings. The van der Waals surface area contributed by atoms with Gasteiger partial charge in [0.1, 0.15) is 0 Å². The van der Waals surface area contributed by atoms with E-state index >= 15 is 4.79 Å². The lowest BCUT2D eigenvalue weighted by Crippen LogP contribution is -2.45. The number of benzene rings is 5. The highest BCUT2D eigenvalue weighted by Gasteiger charge is 2.82. The van der Waals surface area contributed by atoms with E-state index in [-0.39, 0.29) is 17.2 Å². The number of nitrogens with zero attached hydrogens (tertiary/aromatic N) is 2. The molecule has 2 bridgehead atoms. The summed E-state index contributed by atoms with van der Waals surface area (Å²) in [4.78, 5) is 57.9. The molecule has 0 N–H and O–H groups in total. The molecular formula is C39H26N2O5. The summed E-state index contributed by atoms with van der Waals surface area (Å²) in [6.07, 6.45) is 0. The molecule has 2 amide bonds. The highest BCUT2D eigenvalue weighted by molar-refractivity contribution is 6.39. The number of Topliss-reactive ketones (excluding diaryl/α,β-unsaturated/α-hetero) is 1. The molecule has 8 rings (SSSR count). The minimum absolute atomic E-state index is 0.111. The second-order valence-corrected chi connectivity index (χ2v) is 11.9. The van der Waals surface area contributed by atoms with Crippen molar-refractivity contribution in [1.29, 1.82) is 0 Å². The topological polar surface area (TPSA) is 97.6 Å². The lowest BCUT2D eigenvalue weighted by atomic mass is 9.59. The molecule has 0 aromatic heterocycles. The Morgan fingerprint density at radius 3 is 1.37 bits per heavy atom. The average molecular weight is 603 g/mol. The lowest BCUT2D eigenvalue weighted by molar-refractivity contribution is -0.384. The van der Waals surface area contributed by atoms with Crippen LogP contribution in [0.2, 0.25) is 0 Å². The van der Waals surface area contributed by atoms with Crippen molar-refractivity contribution in [3.63, 3.8) is 0 Å². The van der Waals surface area contributed by atoms with Crippen LogP contribution in [0.3, 0.4) is 0 Å². The fraction of sp³-hybridized carbons (Fsp3) is 0.103. The fourth-order valence-electron chi connectivity index (χ4n) is 8.33. The molecule has 4 atom stereocenters. The zero-order valence-corrected chi connectivity index (χ0v) is 24.4. The van der Waals surface area contributed by atoms with Crippen LogP contribution in [0, 0.1) is 22.0 Å². The van der Waals surface area contributed by atoms with Crippen molar-refractivity contribution >= 4 is 40.1 Å². The molecule has 5 aromatic carbocycles. The van der Waals surface area contributed by atoms with Gasteiger partial charge in [0.25, 0.3) is 5.69 Å². The van der Waals surface area contributed by atoms with Gasteiger partial charge in [0, 0.05) is 12.1 Å². The molecule has 222 valence electrons. The Morgan fingerprint density at radius 2 is 0.957 bits per heavy atom. The molecule has 0 radical (unpaired) electrons. The molecule has 7 nitrogen and oxygen atoms in total. The number of anilines is 1. The number of carbonyl (C=O) groups is 3. The van der Waals surface area contributed by atoms with E-state index in [2.05, 4.69) is 0 Å². The molecule has 1 aliphatic heterocycles. The van der Waals surface area contributed by atoms with Gasteiger partial charge in [-0.05, 0) is 39.5 Å². The Bertz CT molecular complexity index is 1980. The predicted molar refractivity (Wildman–Crippen MR) is 174 cm³/mol. The SMILES string of the molecule is O=C1[C@H]2[C@H](C(=O)N1c1cccc([N+](=O)[O-])c1)[C@]1(c3ccccc3)C(=O)[C@@]2(c2ccccc2)C(c2ccccc2)=C1c1ccccc1. The number of nitro groups is 1. The van der Waals surface area contributed by atoms with Gasteiger partial charge < -0.3 is 0 Å². The first-order chi connectivity index (χ1) is 22.4. The molecule has 2 aliphatic carbocycles. The van der Waals surface area contributed by atoms with Crippen LogP contribution in [0.15, 0.2) is 146 Å². The van der Waals surface area contributed by atoms with E-state index in [4.69, 9.17) is 0 Å². The number of allylic oxidation sites excluding steroid dienone is 2. The zero-order chi connectivity index (χ0) is 31.6. The third-order valence-electron chi connectivity index (χ3n) is 9.88. The largest absolute Gasteiger partial charge is 0.297 e. The summed E-state index contributed by atoms with van der Waals surface area (Å²) in [5.74, 6) is -3.52. The van der Waals surface area contributed by atoms with Gasteiger partial charge in [-0.25, -0.2) is 4.90 Å². The van der Waals surface area contributed by atoms with Gasteiger partial charge in [0.05, 0.1) is 33.3 Å². The third-order valence-corrected chi connectivity index (χ3v) is 9.88. The van der Waals surface area contributed by atoms with Crippen molar-refractivity contribution in [3.8, 4) is 0 Å². The maximum atomic E-state index is 15.8. The molecular weight excluding hydrogens is 576 g/mol. The molecule has 0 unspecified atom stereocenters. The Hall–Kier alpha value is -5.95. The van der Waals surface area contributed by atoms with Crippen LogP contribution in [0.1, 0.15) is 22.3 Å². The van der Waals surface area contributed by atoms with Gasteiger partial charge in [-0.15, -0.1) is 0 Å². The quantitative estimate of drug-likeness (QED) is 0.121. The summed E-state index contributed by atoms with van der Waals surface area (Å²) in [5.41, 5.74) is 1.02. The normalized spacial score (nSPS) is 24.9. The first kappa shape index (κ1) is 27.6. The zero-order valence-electron chi connectivity index (χ0n) is 24.4. The highest BCUT2D eigenvalue weighted by atomic mass is 16.6. The summed E-state index contributed by atoms with van der Waals surface area (Å²) < 4.78 is 0. The summed E-state index contributed by atoms with van der Waals surface area (Å²) in [6.45, 7) is 0. The van der Waals surface area contributed by atoms with E-state index in [0.29, 0.717) is 22.3 Å². The maximum Gasteiger partial charge on any atom is 0.271 e. The van der Waals surface area contributed by atoms with Gasteiger partial charge >= 0.3 is 0 Å². The fourth-order valence-corrected chi connectivity index (χ4v) is 8.33. The van der Waals surface area contributed by atoms with Gasteiger partial charge in [0.2, 0.25) is 11.8 Å². The number of carbonyl (C=O) groups excluding carboxylic acids is 3. The Labute approximate surface area is 264 Å². The third kappa shape index (κ3) is 3.39. The van der Waals surface area contributed by atoms with E-state index in [1.807, 2.05) is 121 Å². The summed E-state index contributed by atoms with van der Waals surface area (Å²) in [5, 5.41) is 11.7. The van der Waals surface area contributed by atoms with Crippen LogP contribution in [-0.4, -0.2) is 22.5 Å². The Morgan fingerprint density at radius 1 is 0.543 bits per heavy atom. The standard InChI is InChI=1S/C39H26N2O5/c42-35-33-34(36(43)40(35)29-22-13-23-30(24-29)41(45)46)39(28-20-11-4-12-21-28)32(26-16-7-2-8-17-26)31(25-14-5-1-6-15-25)38(33,37(39)44)27-18-9-3-10-19-27/h1-24,33-34H/t33-,34-,38-,39+/m1/s1. The van der Waals surface area contributed by atoms with Crippen LogP contribution >= 0.6 is 0 Å². The molecule has 0 spiro atoms. The molecule has 7 heteroatoms. The number of amides is 2. The maximum absolute atomic E-state index is 15.8. The Balaban J connectivity index is 1.53. The van der Waals surface area contributed by atoms with Crippen molar-refractivity contribution in [2.75, 3.05) is 4.90 Å². The summed E-state index contributed by atoms with van der Waals surface area (Å²) in [6, 6.07) is 43.3. The van der Waals surface area contributed by atoms with Crippen molar-refractivity contribution in [3.05, 3.63) is 178 Å². The minimum Gasteiger partial charge on any atom is -0.297 e. The Kier molecular flexibility index (Phi) is 6.02. The molecule has 5 aromatic rings. The van der Waals surface area contributed by atoms with E-state index in [1.165, 1.54) is 24.3 Å². The number of rotatable bonds is 6. The molecule has 1 heterocycles. The number of nitro benzene ring substituents is 1. The smallest absolute Gasteiger partial charge is 0.271 e. The van der Waals surface area contributed by atoms with E-state index in [1.54, 1.807) is 0 Å². The summed E-state index contributed by atoms with van der Waals surface area (Å²) >= 11 is 0.